The van der Waals surface area contributed by atoms with Crippen LogP contribution in [-0.4, -0.2) is 67.4 Å². The highest BCUT2D eigenvalue weighted by atomic mass is 35.5. The zero-order chi connectivity index (χ0) is 40.3. The number of carbonyl (C=O) groups is 4. The van der Waals surface area contributed by atoms with Gasteiger partial charge in [0.1, 0.15) is 24.5 Å². The van der Waals surface area contributed by atoms with Crippen LogP contribution in [0, 0.1) is 41.9 Å². The molecule has 0 radical (unpaired) electrons. The molecule has 4 heterocycles. The van der Waals surface area contributed by atoms with Crippen molar-refractivity contribution in [3.05, 3.63) is 33.7 Å². The molecule has 304 valence electrons. The van der Waals surface area contributed by atoms with Gasteiger partial charge in [-0.25, -0.2) is 14.6 Å². The molecule has 0 aromatic carbocycles. The zero-order valence-corrected chi connectivity index (χ0v) is 32.7. The van der Waals surface area contributed by atoms with Gasteiger partial charge >= 0.3 is 29.8 Å². The lowest BCUT2D eigenvalue weighted by Crippen LogP contribution is -2.48. The fourth-order valence-electron chi connectivity index (χ4n) is 9.53. The second kappa shape index (κ2) is 14.5. The Morgan fingerprint density at radius 3 is 2.28 bits per heavy atom. The first-order chi connectivity index (χ1) is 27.1. The molecule has 18 heteroatoms. The lowest BCUT2D eigenvalue weighted by atomic mass is 9.84. The van der Waals surface area contributed by atoms with Crippen molar-refractivity contribution in [1.29, 1.82) is 0 Å². The fraction of sp³-hybridized carbons (Fsp3) is 0.641. The SMILES string of the molecule is C#C[C@]1(COC(=O)C23CCC(CC2)C3)O[C@@H](n2cnc3c(NC(=O)OC(C)(C)CC(=O)OCc4oc(=O)oc4C)nc(Cl)nc32)C[C@@H]1OC(=O)C12CCC(CC1)C2. The van der Waals surface area contributed by atoms with Crippen molar-refractivity contribution < 1.29 is 51.7 Å². The number of fused-ring (bicyclic) bond motifs is 5. The summed E-state index contributed by atoms with van der Waals surface area (Å²) in [5.41, 5.74) is -3.79. The molecule has 0 spiro atoms. The molecule has 5 fully saturated rings. The van der Waals surface area contributed by atoms with Crippen LogP contribution in [0.15, 0.2) is 20.0 Å². The molecule has 8 rings (SSSR count). The standard InChI is InChI=1S/C39H44ClN5O12/c1-5-39(19-52-31(47)37-10-6-22(15-37)7-11-37)25(55-32(48)38-12-8-23(16-38)9-13-38)14-26(56-39)45-20-41-28-29(42-33(40)44-30(28)45)43-34(49)57-36(3,4)17-27(46)51-18-24-21(2)53-35(50)54-24/h1,20,22-23,25-26H,6-19H2,2-4H3,(H,42,43,44,49)/t22?,23?,25-,26+,37?,38?,39+/m0/s1. The van der Waals surface area contributed by atoms with Crippen molar-refractivity contribution in [2.24, 2.45) is 22.7 Å². The second-order valence-electron chi connectivity index (χ2n) is 16.9. The van der Waals surface area contributed by atoms with Gasteiger partial charge in [-0.2, -0.15) is 9.97 Å². The Hall–Kier alpha value is -4.95. The molecule has 0 unspecified atom stereocenters. The van der Waals surface area contributed by atoms with E-state index >= 15 is 0 Å². The Morgan fingerprint density at radius 2 is 1.68 bits per heavy atom. The summed E-state index contributed by atoms with van der Waals surface area (Å²) in [6.07, 6.45) is 13.0. The van der Waals surface area contributed by atoms with Crippen LogP contribution in [0.25, 0.3) is 11.2 Å². The van der Waals surface area contributed by atoms with E-state index in [1.165, 1.54) is 27.1 Å². The molecule has 17 nitrogen and oxygen atoms in total. The molecular formula is C39H44ClN5O12. The van der Waals surface area contributed by atoms with Crippen molar-refractivity contribution in [2.45, 2.75) is 128 Å². The molecule has 3 atom stereocenters. The first kappa shape index (κ1) is 38.9. The van der Waals surface area contributed by atoms with Crippen molar-refractivity contribution in [3.63, 3.8) is 0 Å². The van der Waals surface area contributed by atoms with Crippen molar-refractivity contribution in [1.82, 2.24) is 19.5 Å². The Bertz CT molecular complexity index is 2200. The number of halogens is 1. The Labute approximate surface area is 331 Å². The first-order valence-electron chi connectivity index (χ1n) is 19.3. The van der Waals surface area contributed by atoms with Gasteiger partial charge in [0.2, 0.25) is 10.9 Å². The summed E-state index contributed by atoms with van der Waals surface area (Å²) in [7, 11) is 0. The highest BCUT2D eigenvalue weighted by Crippen LogP contribution is 2.56. The third-order valence-corrected chi connectivity index (χ3v) is 12.8. The van der Waals surface area contributed by atoms with E-state index in [0.717, 1.165) is 64.2 Å². The summed E-state index contributed by atoms with van der Waals surface area (Å²) in [6.45, 7) is 3.83. The Balaban J connectivity index is 0.984. The summed E-state index contributed by atoms with van der Waals surface area (Å²) in [5, 5.41) is 2.27. The molecule has 4 saturated carbocycles. The summed E-state index contributed by atoms with van der Waals surface area (Å²) < 4.78 is 40.6. The monoisotopic (exact) mass is 809 g/mol. The molecule has 1 N–H and O–H groups in total. The predicted molar refractivity (Wildman–Crippen MR) is 196 cm³/mol. The number of nitrogens with one attached hydrogen (secondary N) is 1. The third kappa shape index (κ3) is 7.37. The van der Waals surface area contributed by atoms with Crippen LogP contribution < -0.4 is 11.1 Å². The third-order valence-electron chi connectivity index (χ3n) is 12.6. The molecule has 57 heavy (non-hydrogen) atoms. The number of esters is 3. The van der Waals surface area contributed by atoms with Crippen LogP contribution in [-0.2, 0) is 44.7 Å². The molecular weight excluding hydrogens is 766 g/mol. The molecule has 3 aromatic heterocycles. The van der Waals surface area contributed by atoms with Crippen LogP contribution in [0.2, 0.25) is 5.28 Å². The smallest absolute Gasteiger partial charge is 0.461 e. The maximum Gasteiger partial charge on any atom is 0.519 e. The molecule has 1 amide bonds. The number of rotatable bonds is 12. The molecule has 1 aliphatic heterocycles. The zero-order valence-electron chi connectivity index (χ0n) is 31.9. The van der Waals surface area contributed by atoms with E-state index < -0.39 is 52.2 Å². The average Bonchev–Trinajstić information content (AvgIpc) is 4.03. The van der Waals surface area contributed by atoms with E-state index in [1.54, 1.807) is 4.57 Å². The van der Waals surface area contributed by atoms with Gasteiger partial charge < -0.3 is 32.5 Å². The number of hydrogen-bond donors (Lipinski definition) is 1. The van der Waals surface area contributed by atoms with Crippen LogP contribution in [0.5, 0.6) is 0 Å². The predicted octanol–water partition coefficient (Wildman–Crippen LogP) is 5.70. The average molecular weight is 810 g/mol. The normalized spacial score (nSPS) is 30.0. The molecule has 5 aliphatic rings. The molecule has 1 saturated heterocycles. The summed E-state index contributed by atoms with van der Waals surface area (Å²) in [5.74, 6) is 1.58. The maximum absolute atomic E-state index is 13.9. The molecule has 3 aromatic rings. The number of aromatic nitrogens is 4. The number of hydrogen-bond acceptors (Lipinski definition) is 15. The largest absolute Gasteiger partial charge is 0.519 e. The topological polar surface area (TPSA) is 213 Å². The van der Waals surface area contributed by atoms with E-state index in [4.69, 9.17) is 50.5 Å². The highest BCUT2D eigenvalue weighted by Gasteiger charge is 2.58. The number of nitrogens with zero attached hydrogens (tertiary/aromatic N) is 4. The van der Waals surface area contributed by atoms with Gasteiger partial charge in [-0.3, -0.25) is 24.3 Å². The minimum Gasteiger partial charge on any atom is -0.461 e. The van der Waals surface area contributed by atoms with E-state index in [-0.39, 0.29) is 71.8 Å². The fourth-order valence-corrected chi connectivity index (χ4v) is 9.70. The number of anilines is 1. The highest BCUT2D eigenvalue weighted by molar-refractivity contribution is 6.28. The van der Waals surface area contributed by atoms with Gasteiger partial charge in [0.25, 0.3) is 0 Å². The lowest BCUT2D eigenvalue weighted by molar-refractivity contribution is -0.178. The number of terminal acetylenes is 1. The summed E-state index contributed by atoms with van der Waals surface area (Å²) in [4.78, 5) is 77.4. The molecule has 4 aliphatic carbocycles. The van der Waals surface area contributed by atoms with Crippen molar-refractivity contribution in [2.75, 3.05) is 11.9 Å². The van der Waals surface area contributed by atoms with Crippen LogP contribution in [0.3, 0.4) is 0 Å². The van der Waals surface area contributed by atoms with E-state index in [0.29, 0.717) is 11.8 Å². The minimum atomic E-state index is -1.62. The van der Waals surface area contributed by atoms with E-state index in [2.05, 4.69) is 26.2 Å². The van der Waals surface area contributed by atoms with Crippen LogP contribution in [0.4, 0.5) is 10.6 Å². The van der Waals surface area contributed by atoms with Gasteiger partial charge in [0, 0.05) is 6.42 Å². The Morgan fingerprint density at radius 1 is 1.02 bits per heavy atom. The van der Waals surface area contributed by atoms with E-state index in [1.807, 2.05) is 0 Å². The second-order valence-corrected chi connectivity index (χ2v) is 17.2. The Kier molecular flexibility index (Phi) is 9.87. The summed E-state index contributed by atoms with van der Waals surface area (Å²) in [6, 6.07) is 0. The molecule has 4 bridgehead atoms. The number of carbonyl (C=O) groups excluding carboxylic acids is 4. The van der Waals surface area contributed by atoms with Gasteiger partial charge in [-0.15, -0.1) is 6.42 Å². The van der Waals surface area contributed by atoms with Crippen molar-refractivity contribution in [3.8, 4) is 12.3 Å². The van der Waals surface area contributed by atoms with Gasteiger partial charge in [0.15, 0.2) is 35.1 Å². The number of imidazole rings is 1. The number of aryl methyl sites for hydroxylation is 1. The van der Waals surface area contributed by atoms with Gasteiger partial charge in [-0.05, 0) is 108 Å². The lowest BCUT2D eigenvalue weighted by Gasteiger charge is -2.33. The van der Waals surface area contributed by atoms with Gasteiger partial charge in [-0.1, -0.05) is 5.92 Å². The van der Waals surface area contributed by atoms with E-state index in [9.17, 15) is 24.0 Å². The minimum absolute atomic E-state index is 0.0585. The first-order valence-corrected chi connectivity index (χ1v) is 19.7. The number of ether oxygens (including phenoxy) is 5. The van der Waals surface area contributed by atoms with Crippen LogP contribution >= 0.6 is 11.6 Å². The quantitative estimate of drug-likeness (QED) is 0.101. The van der Waals surface area contributed by atoms with Crippen molar-refractivity contribution >= 4 is 52.6 Å². The maximum atomic E-state index is 13.9. The van der Waals surface area contributed by atoms with Crippen LogP contribution in [0.1, 0.15) is 109 Å². The van der Waals surface area contributed by atoms with Gasteiger partial charge in [0.05, 0.1) is 23.6 Å². The summed E-state index contributed by atoms with van der Waals surface area (Å²) >= 11 is 6.36. The number of amides is 1.